The summed E-state index contributed by atoms with van der Waals surface area (Å²) in [6.07, 6.45) is 8.70. The molecule has 16 heavy (non-hydrogen) atoms. The lowest BCUT2D eigenvalue weighted by atomic mass is 10.0. The molecule has 1 saturated heterocycles. The van der Waals surface area contributed by atoms with E-state index in [2.05, 4.69) is 12.2 Å². The molecule has 0 aromatic heterocycles. The Bertz CT molecular complexity index is 240. The summed E-state index contributed by atoms with van der Waals surface area (Å²) in [4.78, 5) is 14.0. The van der Waals surface area contributed by atoms with Crippen molar-refractivity contribution in [3.8, 4) is 0 Å². The molecule has 1 heterocycles. The van der Waals surface area contributed by atoms with E-state index in [1.807, 2.05) is 4.90 Å². The summed E-state index contributed by atoms with van der Waals surface area (Å²) in [5, 5.41) is 3.12. The fourth-order valence-electron chi connectivity index (χ4n) is 2.48. The molecule has 0 radical (unpaired) electrons. The van der Waals surface area contributed by atoms with Crippen LogP contribution in [0.2, 0.25) is 0 Å². The van der Waals surface area contributed by atoms with Gasteiger partial charge in [0, 0.05) is 19.6 Å². The molecule has 0 spiro atoms. The van der Waals surface area contributed by atoms with Gasteiger partial charge in [0.1, 0.15) is 0 Å². The molecule has 0 bridgehead atoms. The van der Waals surface area contributed by atoms with Crippen LogP contribution in [0.5, 0.6) is 0 Å². The highest BCUT2D eigenvalue weighted by molar-refractivity contribution is 5.74. The summed E-state index contributed by atoms with van der Waals surface area (Å²) in [5.74, 6) is 0. The molecule has 3 heteroatoms. The van der Waals surface area contributed by atoms with Gasteiger partial charge < -0.3 is 10.2 Å². The van der Waals surface area contributed by atoms with Crippen molar-refractivity contribution in [2.75, 3.05) is 19.6 Å². The van der Waals surface area contributed by atoms with E-state index in [1.165, 1.54) is 44.9 Å². The van der Waals surface area contributed by atoms with Crippen molar-refractivity contribution in [1.29, 1.82) is 0 Å². The van der Waals surface area contributed by atoms with Crippen LogP contribution in [0.15, 0.2) is 0 Å². The zero-order chi connectivity index (χ0) is 11.4. The highest BCUT2D eigenvalue weighted by atomic mass is 16.2. The molecule has 0 aromatic rings. The Labute approximate surface area is 98.6 Å². The number of nitrogens with zero attached hydrogens (tertiary/aromatic N) is 1. The maximum Gasteiger partial charge on any atom is 0.317 e. The number of nitrogens with one attached hydrogen (secondary N) is 1. The molecule has 1 aliphatic heterocycles. The van der Waals surface area contributed by atoms with Crippen molar-refractivity contribution in [1.82, 2.24) is 10.2 Å². The van der Waals surface area contributed by atoms with Gasteiger partial charge in [-0.25, -0.2) is 4.79 Å². The average Bonchev–Trinajstić information content (AvgIpc) is 3.11. The topological polar surface area (TPSA) is 32.3 Å². The van der Waals surface area contributed by atoms with E-state index in [9.17, 15) is 4.79 Å². The number of hydrogen-bond acceptors (Lipinski definition) is 1. The smallest absolute Gasteiger partial charge is 0.317 e. The van der Waals surface area contributed by atoms with Gasteiger partial charge in [-0.1, -0.05) is 19.8 Å². The quantitative estimate of drug-likeness (QED) is 0.785. The maximum absolute atomic E-state index is 12.0. The lowest BCUT2D eigenvalue weighted by Gasteiger charge is -2.22. The van der Waals surface area contributed by atoms with Crippen molar-refractivity contribution in [2.24, 2.45) is 5.41 Å². The highest BCUT2D eigenvalue weighted by Gasteiger charge is 2.40. The predicted octanol–water partition coefficient (Wildman–Crippen LogP) is 2.76. The molecule has 2 fully saturated rings. The Morgan fingerprint density at radius 2 is 1.81 bits per heavy atom. The minimum absolute atomic E-state index is 0.168. The van der Waals surface area contributed by atoms with Crippen molar-refractivity contribution in [3.05, 3.63) is 0 Å². The van der Waals surface area contributed by atoms with Crippen LogP contribution in [0.3, 0.4) is 0 Å². The van der Waals surface area contributed by atoms with Crippen LogP contribution in [0, 0.1) is 5.41 Å². The van der Waals surface area contributed by atoms with Crippen LogP contribution in [0.25, 0.3) is 0 Å². The zero-order valence-electron chi connectivity index (χ0n) is 10.4. The van der Waals surface area contributed by atoms with Crippen molar-refractivity contribution in [3.63, 3.8) is 0 Å². The van der Waals surface area contributed by atoms with Crippen LogP contribution in [0.1, 0.15) is 51.9 Å². The third kappa shape index (κ3) is 2.89. The number of amides is 2. The van der Waals surface area contributed by atoms with Crippen LogP contribution in [0.4, 0.5) is 4.79 Å². The molecule has 1 N–H and O–H groups in total. The number of carbonyl (C=O) groups excluding carboxylic acids is 1. The van der Waals surface area contributed by atoms with Gasteiger partial charge in [-0.2, -0.15) is 0 Å². The first kappa shape index (κ1) is 11.7. The summed E-state index contributed by atoms with van der Waals surface area (Å²) < 4.78 is 0. The molecular weight excluding hydrogens is 200 g/mol. The van der Waals surface area contributed by atoms with Crippen LogP contribution in [-0.2, 0) is 0 Å². The van der Waals surface area contributed by atoms with Gasteiger partial charge in [0.2, 0.25) is 0 Å². The molecule has 1 saturated carbocycles. The largest absolute Gasteiger partial charge is 0.337 e. The second kappa shape index (κ2) is 5.07. The molecule has 0 unspecified atom stereocenters. The van der Waals surface area contributed by atoms with Gasteiger partial charge in [-0.05, 0) is 37.5 Å². The van der Waals surface area contributed by atoms with Gasteiger partial charge in [-0.3, -0.25) is 0 Å². The summed E-state index contributed by atoms with van der Waals surface area (Å²) >= 11 is 0. The van der Waals surface area contributed by atoms with E-state index < -0.39 is 0 Å². The normalized spacial score (nSPS) is 23.7. The first-order valence-corrected chi connectivity index (χ1v) is 6.79. The molecule has 2 rings (SSSR count). The molecule has 3 nitrogen and oxygen atoms in total. The third-order valence-corrected chi connectivity index (χ3v) is 4.21. The van der Waals surface area contributed by atoms with Gasteiger partial charge in [0.05, 0.1) is 0 Å². The van der Waals surface area contributed by atoms with E-state index in [4.69, 9.17) is 0 Å². The maximum atomic E-state index is 12.0. The summed E-state index contributed by atoms with van der Waals surface area (Å²) in [5.41, 5.74) is 0.460. The summed E-state index contributed by atoms with van der Waals surface area (Å²) in [6, 6.07) is 0.168. The number of rotatable bonds is 3. The fourth-order valence-corrected chi connectivity index (χ4v) is 2.48. The molecule has 2 aliphatic rings. The molecule has 0 atom stereocenters. The highest BCUT2D eigenvalue weighted by Crippen LogP contribution is 2.47. The van der Waals surface area contributed by atoms with Gasteiger partial charge in [-0.15, -0.1) is 0 Å². The molecular formula is C13H24N2O. The molecule has 0 aromatic carbocycles. The summed E-state index contributed by atoms with van der Waals surface area (Å²) in [7, 11) is 0. The fraction of sp³-hybridized carbons (Fsp3) is 0.923. The SMILES string of the molecule is CCC1(CNC(=O)N2CCCCCC2)CC1. The van der Waals surface area contributed by atoms with Crippen LogP contribution >= 0.6 is 0 Å². The molecule has 2 amide bonds. The Kier molecular flexibility index (Phi) is 3.72. The van der Waals surface area contributed by atoms with Crippen LogP contribution in [-0.4, -0.2) is 30.6 Å². The predicted molar refractivity (Wildman–Crippen MR) is 65.4 cm³/mol. The number of likely N-dealkylation sites (tertiary alicyclic amines) is 1. The first-order valence-electron chi connectivity index (χ1n) is 6.79. The first-order chi connectivity index (χ1) is 7.76. The molecule has 92 valence electrons. The van der Waals surface area contributed by atoms with E-state index in [0.29, 0.717) is 5.41 Å². The minimum atomic E-state index is 0.168. The zero-order valence-corrected chi connectivity index (χ0v) is 10.4. The third-order valence-electron chi connectivity index (χ3n) is 4.21. The van der Waals surface area contributed by atoms with Crippen molar-refractivity contribution >= 4 is 6.03 Å². The second-order valence-electron chi connectivity index (χ2n) is 5.41. The van der Waals surface area contributed by atoms with E-state index in [0.717, 1.165) is 19.6 Å². The van der Waals surface area contributed by atoms with Crippen molar-refractivity contribution in [2.45, 2.75) is 51.9 Å². The van der Waals surface area contributed by atoms with Gasteiger partial charge in [0.25, 0.3) is 0 Å². The average molecular weight is 224 g/mol. The monoisotopic (exact) mass is 224 g/mol. The van der Waals surface area contributed by atoms with Crippen LogP contribution < -0.4 is 5.32 Å². The molecule has 1 aliphatic carbocycles. The standard InChI is InChI=1S/C13H24N2O/c1-2-13(7-8-13)11-14-12(16)15-9-5-3-4-6-10-15/h2-11H2,1H3,(H,14,16). The van der Waals surface area contributed by atoms with Gasteiger partial charge in [0.15, 0.2) is 0 Å². The van der Waals surface area contributed by atoms with E-state index >= 15 is 0 Å². The van der Waals surface area contributed by atoms with E-state index in [1.54, 1.807) is 0 Å². The minimum Gasteiger partial charge on any atom is -0.337 e. The Hall–Kier alpha value is -0.730. The second-order valence-corrected chi connectivity index (χ2v) is 5.41. The number of hydrogen-bond donors (Lipinski definition) is 1. The van der Waals surface area contributed by atoms with Gasteiger partial charge >= 0.3 is 6.03 Å². The Morgan fingerprint density at radius 3 is 2.31 bits per heavy atom. The van der Waals surface area contributed by atoms with E-state index in [-0.39, 0.29) is 6.03 Å². The Balaban J connectivity index is 1.74. The summed E-state index contributed by atoms with van der Waals surface area (Å²) in [6.45, 7) is 5.01. The number of carbonyl (C=O) groups is 1. The Morgan fingerprint density at radius 1 is 1.19 bits per heavy atom. The lowest BCUT2D eigenvalue weighted by molar-refractivity contribution is 0.197. The van der Waals surface area contributed by atoms with Crippen molar-refractivity contribution < 1.29 is 4.79 Å². The number of urea groups is 1. The lowest BCUT2D eigenvalue weighted by Crippen LogP contribution is -2.42.